The largest absolute Gasteiger partial charge is 0.452 e. The van der Waals surface area contributed by atoms with Gasteiger partial charge in [0.2, 0.25) is 0 Å². The minimum Gasteiger partial charge on any atom is -0.452 e. The quantitative estimate of drug-likeness (QED) is 0.841. The molecule has 0 radical (unpaired) electrons. The third-order valence-corrected chi connectivity index (χ3v) is 4.27. The summed E-state index contributed by atoms with van der Waals surface area (Å²) < 4.78 is 6.86. The Morgan fingerprint density at radius 2 is 1.92 bits per heavy atom. The van der Waals surface area contributed by atoms with Crippen LogP contribution < -0.4 is 5.32 Å². The summed E-state index contributed by atoms with van der Waals surface area (Å²) in [6.07, 6.45) is 6.15. The second kappa shape index (κ2) is 7.49. The van der Waals surface area contributed by atoms with Crippen molar-refractivity contribution < 1.29 is 14.3 Å². The molecule has 6 nitrogen and oxygen atoms in total. The third kappa shape index (κ3) is 3.94. The van der Waals surface area contributed by atoms with Crippen LogP contribution in [0.3, 0.4) is 0 Å². The average molecular weight is 348 g/mol. The van der Waals surface area contributed by atoms with Crippen LogP contribution in [0.2, 0.25) is 5.02 Å². The Balaban J connectivity index is 1.53. The lowest BCUT2D eigenvalue weighted by Crippen LogP contribution is -2.23. The van der Waals surface area contributed by atoms with E-state index in [2.05, 4.69) is 10.4 Å². The van der Waals surface area contributed by atoms with Gasteiger partial charge in [0.15, 0.2) is 6.61 Å². The van der Waals surface area contributed by atoms with E-state index in [4.69, 9.17) is 16.3 Å². The zero-order valence-corrected chi connectivity index (χ0v) is 13.8. The summed E-state index contributed by atoms with van der Waals surface area (Å²) in [6, 6.07) is 8.37. The number of nitrogens with zero attached hydrogens (tertiary/aromatic N) is 2. The number of carbonyl (C=O) groups is 2. The predicted molar refractivity (Wildman–Crippen MR) is 90.1 cm³/mol. The van der Waals surface area contributed by atoms with Gasteiger partial charge in [0.05, 0.1) is 17.8 Å². The van der Waals surface area contributed by atoms with Gasteiger partial charge in [-0.3, -0.25) is 4.79 Å². The highest BCUT2D eigenvalue weighted by molar-refractivity contribution is 6.30. The maximum Gasteiger partial charge on any atom is 0.338 e. The molecule has 1 saturated carbocycles. The van der Waals surface area contributed by atoms with Gasteiger partial charge in [-0.2, -0.15) is 5.10 Å². The van der Waals surface area contributed by atoms with Crippen molar-refractivity contribution in [2.45, 2.75) is 31.7 Å². The normalized spacial score (nSPS) is 14.5. The maximum absolute atomic E-state index is 12.0. The number of halogens is 1. The molecule has 1 aliphatic rings. The molecule has 24 heavy (non-hydrogen) atoms. The monoisotopic (exact) mass is 347 g/mol. The van der Waals surface area contributed by atoms with Crippen molar-refractivity contribution in [3.63, 3.8) is 0 Å². The SMILES string of the molecule is O=C(COC(=O)c1ccc(Cl)cc1)Nc1ccnn1C1CCCC1. The highest BCUT2D eigenvalue weighted by Gasteiger charge is 2.20. The van der Waals surface area contributed by atoms with Crippen LogP contribution >= 0.6 is 11.6 Å². The van der Waals surface area contributed by atoms with E-state index in [0.29, 0.717) is 22.4 Å². The van der Waals surface area contributed by atoms with Gasteiger partial charge in [-0.15, -0.1) is 0 Å². The molecule has 2 aromatic rings. The molecular formula is C17H18ClN3O3. The summed E-state index contributed by atoms with van der Waals surface area (Å²) in [5.41, 5.74) is 0.350. The number of amides is 1. The van der Waals surface area contributed by atoms with Gasteiger partial charge in [0.25, 0.3) is 5.91 Å². The standard InChI is InChI=1S/C17H18ClN3O3/c18-13-7-5-12(6-8-13)17(23)24-11-16(22)20-15-9-10-19-21(15)14-3-1-2-4-14/h5-10,14H,1-4,11H2,(H,20,22). The average Bonchev–Trinajstić information content (AvgIpc) is 3.24. The predicted octanol–water partition coefficient (Wildman–Crippen LogP) is 3.45. The highest BCUT2D eigenvalue weighted by Crippen LogP contribution is 2.31. The van der Waals surface area contributed by atoms with E-state index in [-0.39, 0.29) is 6.61 Å². The first-order valence-electron chi connectivity index (χ1n) is 7.89. The van der Waals surface area contributed by atoms with Crippen LogP contribution in [0.5, 0.6) is 0 Å². The Morgan fingerprint density at radius 1 is 1.21 bits per heavy atom. The Kier molecular flexibility index (Phi) is 5.15. The Morgan fingerprint density at radius 3 is 2.62 bits per heavy atom. The molecular weight excluding hydrogens is 330 g/mol. The first-order chi connectivity index (χ1) is 11.6. The third-order valence-electron chi connectivity index (χ3n) is 4.02. The second-order valence-corrected chi connectivity index (χ2v) is 6.17. The molecule has 126 valence electrons. The fraction of sp³-hybridized carbons (Fsp3) is 0.353. The Hall–Kier alpha value is -2.34. The number of rotatable bonds is 5. The van der Waals surface area contributed by atoms with Crippen molar-refractivity contribution in [3.8, 4) is 0 Å². The summed E-state index contributed by atoms with van der Waals surface area (Å²) in [5.74, 6) is -0.322. The lowest BCUT2D eigenvalue weighted by Gasteiger charge is -2.14. The van der Waals surface area contributed by atoms with Crippen molar-refractivity contribution in [1.29, 1.82) is 0 Å². The number of carbonyl (C=O) groups excluding carboxylic acids is 2. The molecule has 0 aliphatic heterocycles. The van der Waals surface area contributed by atoms with E-state index in [1.54, 1.807) is 36.5 Å². The van der Waals surface area contributed by atoms with Crippen LogP contribution in [0.25, 0.3) is 0 Å². The molecule has 0 atom stereocenters. The Labute approximate surface area is 144 Å². The van der Waals surface area contributed by atoms with E-state index in [0.717, 1.165) is 12.8 Å². The van der Waals surface area contributed by atoms with Crippen molar-refractivity contribution in [1.82, 2.24) is 9.78 Å². The zero-order chi connectivity index (χ0) is 16.9. The molecule has 0 unspecified atom stereocenters. The van der Waals surface area contributed by atoms with Gasteiger partial charge in [-0.1, -0.05) is 24.4 Å². The van der Waals surface area contributed by atoms with E-state index in [1.165, 1.54) is 12.8 Å². The van der Waals surface area contributed by atoms with Crippen molar-refractivity contribution in [2.24, 2.45) is 0 Å². The van der Waals surface area contributed by atoms with Crippen LogP contribution in [-0.2, 0) is 9.53 Å². The van der Waals surface area contributed by atoms with E-state index >= 15 is 0 Å². The van der Waals surface area contributed by atoms with Gasteiger partial charge in [-0.05, 0) is 37.1 Å². The molecule has 7 heteroatoms. The summed E-state index contributed by atoms with van der Waals surface area (Å²) in [4.78, 5) is 23.9. The van der Waals surface area contributed by atoms with Gasteiger partial charge in [-0.25, -0.2) is 9.48 Å². The summed E-state index contributed by atoms with van der Waals surface area (Å²) in [7, 11) is 0. The molecule has 3 rings (SSSR count). The number of benzene rings is 1. The maximum atomic E-state index is 12.0. The van der Waals surface area contributed by atoms with Crippen LogP contribution in [0.4, 0.5) is 5.82 Å². The molecule has 1 aromatic heterocycles. The lowest BCUT2D eigenvalue weighted by molar-refractivity contribution is -0.119. The summed E-state index contributed by atoms with van der Waals surface area (Å²) >= 11 is 5.77. The lowest BCUT2D eigenvalue weighted by atomic mass is 10.2. The molecule has 0 saturated heterocycles. The van der Waals surface area contributed by atoms with Crippen molar-refractivity contribution >= 4 is 29.3 Å². The van der Waals surface area contributed by atoms with Crippen LogP contribution in [0, 0.1) is 0 Å². The van der Waals surface area contributed by atoms with Crippen LogP contribution in [-0.4, -0.2) is 28.3 Å². The number of aromatic nitrogens is 2. The number of hydrogen-bond donors (Lipinski definition) is 1. The highest BCUT2D eigenvalue weighted by atomic mass is 35.5. The summed E-state index contributed by atoms with van der Waals surface area (Å²) in [6.45, 7) is -0.350. The fourth-order valence-corrected chi connectivity index (χ4v) is 2.96. The smallest absolute Gasteiger partial charge is 0.338 e. The summed E-state index contributed by atoms with van der Waals surface area (Å²) in [5, 5.41) is 7.56. The number of esters is 1. The molecule has 1 aliphatic carbocycles. The fourth-order valence-electron chi connectivity index (χ4n) is 2.83. The van der Waals surface area contributed by atoms with Gasteiger partial charge in [0.1, 0.15) is 5.82 Å². The molecule has 1 aromatic carbocycles. The van der Waals surface area contributed by atoms with E-state index < -0.39 is 11.9 Å². The second-order valence-electron chi connectivity index (χ2n) is 5.73. The van der Waals surface area contributed by atoms with E-state index in [1.807, 2.05) is 4.68 Å². The Bertz CT molecular complexity index is 721. The molecule has 1 amide bonds. The molecule has 1 heterocycles. The first-order valence-corrected chi connectivity index (χ1v) is 8.27. The number of nitrogens with one attached hydrogen (secondary N) is 1. The van der Waals surface area contributed by atoms with Crippen LogP contribution in [0.15, 0.2) is 36.5 Å². The minimum atomic E-state index is -0.564. The van der Waals surface area contributed by atoms with Crippen LogP contribution in [0.1, 0.15) is 42.1 Å². The zero-order valence-electron chi connectivity index (χ0n) is 13.1. The number of anilines is 1. The molecule has 0 bridgehead atoms. The molecule has 1 fully saturated rings. The number of hydrogen-bond acceptors (Lipinski definition) is 4. The van der Waals surface area contributed by atoms with Gasteiger partial charge in [0, 0.05) is 11.1 Å². The van der Waals surface area contributed by atoms with Crippen molar-refractivity contribution in [3.05, 3.63) is 47.1 Å². The van der Waals surface area contributed by atoms with Gasteiger partial charge >= 0.3 is 5.97 Å². The minimum absolute atomic E-state index is 0.326. The molecule has 0 spiro atoms. The van der Waals surface area contributed by atoms with Gasteiger partial charge < -0.3 is 10.1 Å². The number of ether oxygens (including phenoxy) is 1. The van der Waals surface area contributed by atoms with Crippen molar-refractivity contribution in [2.75, 3.05) is 11.9 Å². The topological polar surface area (TPSA) is 73.2 Å². The first kappa shape index (κ1) is 16.5. The van der Waals surface area contributed by atoms with E-state index in [9.17, 15) is 9.59 Å². The molecule has 1 N–H and O–H groups in total.